The van der Waals surface area contributed by atoms with Crippen LogP contribution in [0.1, 0.15) is 27.2 Å². The maximum absolute atomic E-state index is 11.2. The van der Waals surface area contributed by atoms with E-state index in [1.807, 2.05) is 0 Å². The summed E-state index contributed by atoms with van der Waals surface area (Å²) in [6.07, 6.45) is -3.20. The molecule has 10 heteroatoms. The third kappa shape index (κ3) is 5.79. The summed E-state index contributed by atoms with van der Waals surface area (Å²) in [6.45, 7) is 4.11. The van der Waals surface area contributed by atoms with Crippen LogP contribution in [-0.2, 0) is 28.5 Å². The molecule has 1 saturated heterocycles. The second kappa shape index (κ2) is 7.68. The predicted molar refractivity (Wildman–Crippen MR) is 79.2 cm³/mol. The maximum atomic E-state index is 11.2. The van der Waals surface area contributed by atoms with Crippen molar-refractivity contribution in [1.29, 1.82) is 5.41 Å². The summed E-state index contributed by atoms with van der Waals surface area (Å²) in [7, 11) is 0. The maximum Gasteiger partial charge on any atom is 0.303 e. The number of carbonyl (C=O) groups is 2. The van der Waals surface area contributed by atoms with Crippen molar-refractivity contribution < 1.29 is 28.5 Å². The Hall–Kier alpha value is -0.760. The monoisotopic (exact) mass is 375 g/mol. The summed E-state index contributed by atoms with van der Waals surface area (Å²) in [5, 5.41) is 7.58. The lowest BCUT2D eigenvalue weighted by Crippen LogP contribution is -2.53. The van der Waals surface area contributed by atoms with E-state index in [9.17, 15) is 9.59 Å². The molecular formula is C12H16Cl3NO6. The highest BCUT2D eigenvalue weighted by Gasteiger charge is 2.45. The van der Waals surface area contributed by atoms with Gasteiger partial charge in [-0.1, -0.05) is 34.8 Å². The van der Waals surface area contributed by atoms with Gasteiger partial charge in [0, 0.05) is 20.3 Å². The zero-order valence-corrected chi connectivity index (χ0v) is 14.4. The molecular weight excluding hydrogens is 360 g/mol. The fourth-order valence-corrected chi connectivity index (χ4v) is 2.06. The number of hydrogen-bond donors (Lipinski definition) is 1. The first kappa shape index (κ1) is 19.3. The highest BCUT2D eigenvalue weighted by atomic mass is 35.6. The van der Waals surface area contributed by atoms with E-state index in [0.717, 1.165) is 0 Å². The van der Waals surface area contributed by atoms with Crippen molar-refractivity contribution in [2.24, 2.45) is 0 Å². The van der Waals surface area contributed by atoms with Crippen molar-refractivity contribution in [3.63, 3.8) is 0 Å². The molecule has 0 aromatic rings. The lowest BCUT2D eigenvalue weighted by atomic mass is 10.0. The first-order chi connectivity index (χ1) is 10.0. The molecule has 0 saturated carbocycles. The number of nitrogens with one attached hydrogen (secondary N) is 1. The van der Waals surface area contributed by atoms with Crippen molar-refractivity contribution in [3.8, 4) is 0 Å². The normalized spacial score (nSPS) is 28.6. The molecule has 0 spiro atoms. The number of ether oxygens (including phenoxy) is 4. The van der Waals surface area contributed by atoms with Gasteiger partial charge in [0.25, 0.3) is 3.79 Å². The molecule has 7 nitrogen and oxygen atoms in total. The van der Waals surface area contributed by atoms with E-state index in [0.29, 0.717) is 6.42 Å². The van der Waals surface area contributed by atoms with Crippen molar-refractivity contribution in [1.82, 2.24) is 0 Å². The van der Waals surface area contributed by atoms with E-state index in [-0.39, 0.29) is 6.10 Å². The number of alkyl halides is 3. The minimum Gasteiger partial charge on any atom is -0.458 e. The summed E-state index contributed by atoms with van der Waals surface area (Å²) in [5.74, 6) is -1.88. The third-order valence-corrected chi connectivity index (χ3v) is 3.19. The Labute approximate surface area is 142 Å². The molecule has 2 unspecified atom stereocenters. The van der Waals surface area contributed by atoms with Crippen molar-refractivity contribution in [3.05, 3.63) is 0 Å². The quantitative estimate of drug-likeness (QED) is 0.352. The third-order valence-electron chi connectivity index (χ3n) is 2.68. The second-order valence-corrected chi connectivity index (χ2v) is 7.00. The Morgan fingerprint density at radius 1 is 1.14 bits per heavy atom. The standard InChI is InChI=1S/C12H16Cl3NO6/c1-5-4-8(20-6(2)17)9(21-7(3)18)10(19-5)22-11(16)12(13,14)15/h5,8-10,16H,4H2,1-3H3/t5?,8-,9?,10-/m1/s1. The van der Waals surface area contributed by atoms with Crippen LogP contribution in [0.3, 0.4) is 0 Å². The smallest absolute Gasteiger partial charge is 0.303 e. The fraction of sp³-hybridized carbons (Fsp3) is 0.750. The fourth-order valence-electron chi connectivity index (χ4n) is 1.93. The Balaban J connectivity index is 2.95. The molecule has 0 aromatic carbocycles. The van der Waals surface area contributed by atoms with Gasteiger partial charge >= 0.3 is 11.9 Å². The molecule has 126 valence electrons. The van der Waals surface area contributed by atoms with Gasteiger partial charge in [0.15, 0.2) is 0 Å². The summed E-state index contributed by atoms with van der Waals surface area (Å²) in [6, 6.07) is 0. The number of halogens is 3. The average molecular weight is 377 g/mol. The topological polar surface area (TPSA) is 94.9 Å². The van der Waals surface area contributed by atoms with Gasteiger partial charge in [-0.2, -0.15) is 0 Å². The Bertz CT molecular complexity index is 453. The Morgan fingerprint density at radius 2 is 1.68 bits per heavy atom. The number of esters is 2. The molecule has 1 aliphatic rings. The zero-order valence-electron chi connectivity index (χ0n) is 12.1. The molecule has 0 bridgehead atoms. The van der Waals surface area contributed by atoms with E-state index in [1.165, 1.54) is 13.8 Å². The van der Waals surface area contributed by atoms with Gasteiger partial charge in [0.1, 0.15) is 6.10 Å². The van der Waals surface area contributed by atoms with E-state index in [1.54, 1.807) is 6.92 Å². The van der Waals surface area contributed by atoms with Gasteiger partial charge in [-0.3, -0.25) is 15.0 Å². The Kier molecular flexibility index (Phi) is 6.73. The first-order valence-electron chi connectivity index (χ1n) is 6.33. The van der Waals surface area contributed by atoms with Gasteiger partial charge in [-0.25, -0.2) is 0 Å². The zero-order chi connectivity index (χ0) is 17.1. The van der Waals surface area contributed by atoms with Gasteiger partial charge in [0.05, 0.1) is 6.10 Å². The van der Waals surface area contributed by atoms with E-state index in [2.05, 4.69) is 0 Å². The molecule has 1 N–H and O–H groups in total. The lowest BCUT2D eigenvalue weighted by Gasteiger charge is -2.39. The van der Waals surface area contributed by atoms with Crippen molar-refractivity contribution in [2.45, 2.75) is 55.6 Å². The molecule has 0 amide bonds. The minimum absolute atomic E-state index is 0.290. The molecule has 1 aliphatic heterocycles. The van der Waals surface area contributed by atoms with Gasteiger partial charge in [-0.05, 0) is 6.92 Å². The Morgan fingerprint density at radius 3 is 2.14 bits per heavy atom. The number of hydrogen-bond acceptors (Lipinski definition) is 7. The largest absolute Gasteiger partial charge is 0.458 e. The van der Waals surface area contributed by atoms with Crippen LogP contribution in [-0.4, -0.2) is 46.2 Å². The molecule has 1 heterocycles. The SMILES string of the molecule is CC(=O)OC1[C@@H](OC(=N)C(Cl)(Cl)Cl)OC(C)C[C@H]1OC(C)=O. The summed E-state index contributed by atoms with van der Waals surface area (Å²) < 4.78 is 18.7. The van der Waals surface area contributed by atoms with Crippen LogP contribution >= 0.6 is 34.8 Å². The van der Waals surface area contributed by atoms with Crippen LogP contribution < -0.4 is 0 Å². The predicted octanol–water partition coefficient (Wildman–Crippen LogP) is 2.35. The van der Waals surface area contributed by atoms with E-state index >= 15 is 0 Å². The highest BCUT2D eigenvalue weighted by Crippen LogP contribution is 2.32. The lowest BCUT2D eigenvalue weighted by molar-refractivity contribution is -0.250. The number of carbonyl (C=O) groups excluding carboxylic acids is 2. The molecule has 22 heavy (non-hydrogen) atoms. The van der Waals surface area contributed by atoms with Gasteiger partial charge in [0.2, 0.25) is 18.3 Å². The van der Waals surface area contributed by atoms with Crippen LogP contribution in [0.15, 0.2) is 0 Å². The molecule has 0 radical (unpaired) electrons. The van der Waals surface area contributed by atoms with Crippen LogP contribution in [0.4, 0.5) is 0 Å². The summed E-state index contributed by atoms with van der Waals surface area (Å²) >= 11 is 16.6. The van der Waals surface area contributed by atoms with Crippen molar-refractivity contribution in [2.75, 3.05) is 0 Å². The molecule has 0 aromatic heterocycles. The second-order valence-electron chi connectivity index (χ2n) is 4.72. The van der Waals surface area contributed by atoms with E-state index < -0.39 is 40.1 Å². The van der Waals surface area contributed by atoms with Crippen LogP contribution in [0.25, 0.3) is 0 Å². The van der Waals surface area contributed by atoms with Crippen LogP contribution in [0.2, 0.25) is 0 Å². The van der Waals surface area contributed by atoms with Crippen LogP contribution in [0, 0.1) is 5.41 Å². The molecule has 4 atom stereocenters. The van der Waals surface area contributed by atoms with Crippen molar-refractivity contribution >= 4 is 52.6 Å². The minimum atomic E-state index is -2.10. The van der Waals surface area contributed by atoms with Gasteiger partial charge < -0.3 is 18.9 Å². The number of rotatable bonds is 3. The molecule has 1 rings (SSSR count). The highest BCUT2D eigenvalue weighted by molar-refractivity contribution is 6.76. The first-order valence-corrected chi connectivity index (χ1v) is 7.46. The van der Waals surface area contributed by atoms with Crippen LogP contribution in [0.5, 0.6) is 0 Å². The van der Waals surface area contributed by atoms with Gasteiger partial charge in [-0.15, -0.1) is 0 Å². The summed E-state index contributed by atoms with van der Waals surface area (Å²) in [4.78, 5) is 22.4. The molecule has 0 aliphatic carbocycles. The average Bonchev–Trinajstić information content (AvgIpc) is 2.30. The summed E-state index contributed by atoms with van der Waals surface area (Å²) in [5.41, 5.74) is 0. The van der Waals surface area contributed by atoms with E-state index in [4.69, 9.17) is 59.2 Å². The molecule has 1 fully saturated rings.